The number of aromatic nitrogens is 3. The minimum atomic E-state index is 0.716. The van der Waals surface area contributed by atoms with Crippen LogP contribution in [-0.2, 0) is 13.1 Å². The first-order valence-corrected chi connectivity index (χ1v) is 6.69. The zero-order valence-electron chi connectivity index (χ0n) is 10.8. The quantitative estimate of drug-likeness (QED) is 0.893. The molecule has 0 saturated carbocycles. The standard InChI is InChI=1S/C12H17N5S/c1-9-4-11(13-2)16-12(15-9)6-17(3)5-10-7-18-8-14-10/h4,7-8H,5-6H2,1-3H3,(H,13,15,16). The van der Waals surface area contributed by atoms with Crippen molar-refractivity contribution in [3.05, 3.63) is 34.2 Å². The highest BCUT2D eigenvalue weighted by atomic mass is 32.1. The Morgan fingerprint density at radius 1 is 1.33 bits per heavy atom. The highest BCUT2D eigenvalue weighted by molar-refractivity contribution is 7.07. The molecule has 0 unspecified atom stereocenters. The summed E-state index contributed by atoms with van der Waals surface area (Å²) in [5, 5.41) is 5.11. The van der Waals surface area contributed by atoms with Gasteiger partial charge in [0.25, 0.3) is 0 Å². The van der Waals surface area contributed by atoms with Crippen LogP contribution in [0.1, 0.15) is 17.2 Å². The average Bonchev–Trinajstić information content (AvgIpc) is 2.80. The number of nitrogens with zero attached hydrogens (tertiary/aromatic N) is 4. The van der Waals surface area contributed by atoms with Crippen molar-refractivity contribution in [2.24, 2.45) is 0 Å². The van der Waals surface area contributed by atoms with Gasteiger partial charge in [0, 0.05) is 30.7 Å². The summed E-state index contributed by atoms with van der Waals surface area (Å²) < 4.78 is 0. The van der Waals surface area contributed by atoms with Gasteiger partial charge in [-0.2, -0.15) is 0 Å². The van der Waals surface area contributed by atoms with Crippen LogP contribution < -0.4 is 5.32 Å². The number of anilines is 1. The fourth-order valence-electron chi connectivity index (χ4n) is 1.72. The smallest absolute Gasteiger partial charge is 0.144 e. The Balaban J connectivity index is 2.02. The van der Waals surface area contributed by atoms with Gasteiger partial charge in [0.1, 0.15) is 11.6 Å². The molecule has 0 saturated heterocycles. The zero-order chi connectivity index (χ0) is 13.0. The molecule has 0 fully saturated rings. The van der Waals surface area contributed by atoms with Gasteiger partial charge < -0.3 is 5.32 Å². The molecule has 0 radical (unpaired) electrons. The molecule has 2 rings (SSSR count). The lowest BCUT2D eigenvalue weighted by molar-refractivity contribution is 0.307. The van der Waals surface area contributed by atoms with E-state index in [0.29, 0.717) is 6.54 Å². The zero-order valence-corrected chi connectivity index (χ0v) is 11.7. The minimum absolute atomic E-state index is 0.716. The molecule has 0 atom stereocenters. The average molecular weight is 263 g/mol. The first kappa shape index (κ1) is 12.9. The molecular weight excluding hydrogens is 246 g/mol. The van der Waals surface area contributed by atoms with Crippen LogP contribution in [0, 0.1) is 6.92 Å². The molecule has 0 amide bonds. The molecule has 0 aliphatic rings. The van der Waals surface area contributed by atoms with Gasteiger partial charge in [0.15, 0.2) is 0 Å². The fourth-order valence-corrected chi connectivity index (χ4v) is 2.27. The maximum Gasteiger partial charge on any atom is 0.144 e. The molecular formula is C12H17N5S. The van der Waals surface area contributed by atoms with Gasteiger partial charge in [-0.1, -0.05) is 0 Å². The predicted octanol–water partition coefficient (Wildman–Crippen LogP) is 1.92. The summed E-state index contributed by atoms with van der Waals surface area (Å²) in [6.45, 7) is 3.51. The number of hydrogen-bond donors (Lipinski definition) is 1. The number of thiazole rings is 1. The van der Waals surface area contributed by atoms with Gasteiger partial charge in [-0.25, -0.2) is 15.0 Å². The van der Waals surface area contributed by atoms with E-state index >= 15 is 0 Å². The van der Waals surface area contributed by atoms with E-state index in [1.807, 2.05) is 32.6 Å². The Morgan fingerprint density at radius 2 is 2.17 bits per heavy atom. The van der Waals surface area contributed by atoms with Crippen LogP contribution in [0.2, 0.25) is 0 Å². The Morgan fingerprint density at radius 3 is 2.83 bits per heavy atom. The van der Waals surface area contributed by atoms with Gasteiger partial charge in [-0.05, 0) is 14.0 Å². The van der Waals surface area contributed by atoms with Crippen LogP contribution in [0.4, 0.5) is 5.82 Å². The lowest BCUT2D eigenvalue weighted by Crippen LogP contribution is -2.19. The second kappa shape index (κ2) is 5.88. The van der Waals surface area contributed by atoms with Crippen LogP contribution in [0.15, 0.2) is 17.0 Å². The monoisotopic (exact) mass is 263 g/mol. The molecule has 1 N–H and O–H groups in total. The summed E-state index contributed by atoms with van der Waals surface area (Å²) in [6.07, 6.45) is 0. The van der Waals surface area contributed by atoms with E-state index in [-0.39, 0.29) is 0 Å². The third-order valence-corrected chi connectivity index (χ3v) is 3.12. The molecule has 18 heavy (non-hydrogen) atoms. The second-order valence-corrected chi connectivity index (χ2v) is 4.93. The second-order valence-electron chi connectivity index (χ2n) is 4.21. The van der Waals surface area contributed by atoms with Gasteiger partial charge >= 0.3 is 0 Å². The Labute approximate surface area is 111 Å². The highest BCUT2D eigenvalue weighted by Gasteiger charge is 2.07. The van der Waals surface area contributed by atoms with Crippen molar-refractivity contribution in [1.29, 1.82) is 0 Å². The normalized spacial score (nSPS) is 10.9. The topological polar surface area (TPSA) is 53.9 Å². The summed E-state index contributed by atoms with van der Waals surface area (Å²) in [5.74, 6) is 1.69. The SMILES string of the molecule is CNc1cc(C)nc(CN(C)Cc2cscn2)n1. The van der Waals surface area contributed by atoms with E-state index < -0.39 is 0 Å². The first-order valence-electron chi connectivity index (χ1n) is 5.75. The summed E-state index contributed by atoms with van der Waals surface area (Å²) >= 11 is 1.62. The van der Waals surface area contributed by atoms with Crippen molar-refractivity contribution < 1.29 is 0 Å². The van der Waals surface area contributed by atoms with Gasteiger partial charge in [0.05, 0.1) is 17.7 Å². The molecule has 0 bridgehead atoms. The summed E-state index contributed by atoms with van der Waals surface area (Å²) in [5.41, 5.74) is 3.92. The molecule has 0 aromatic carbocycles. The molecule has 2 aromatic heterocycles. The predicted molar refractivity (Wildman–Crippen MR) is 73.6 cm³/mol. The molecule has 5 nitrogen and oxygen atoms in total. The van der Waals surface area contributed by atoms with E-state index in [4.69, 9.17) is 0 Å². The summed E-state index contributed by atoms with van der Waals surface area (Å²) in [7, 11) is 3.91. The van der Waals surface area contributed by atoms with E-state index in [2.05, 4.69) is 30.5 Å². The third kappa shape index (κ3) is 3.48. The van der Waals surface area contributed by atoms with E-state index in [1.165, 1.54) is 0 Å². The lowest BCUT2D eigenvalue weighted by Gasteiger charge is -2.15. The summed E-state index contributed by atoms with van der Waals surface area (Å²) in [6, 6.07) is 1.93. The Kier molecular flexibility index (Phi) is 4.22. The van der Waals surface area contributed by atoms with Crippen molar-refractivity contribution in [3.63, 3.8) is 0 Å². The molecule has 2 aromatic rings. The first-order chi connectivity index (χ1) is 8.67. The van der Waals surface area contributed by atoms with E-state index in [0.717, 1.165) is 29.6 Å². The van der Waals surface area contributed by atoms with Crippen LogP contribution in [0.25, 0.3) is 0 Å². The maximum absolute atomic E-state index is 4.44. The van der Waals surface area contributed by atoms with Crippen LogP contribution in [-0.4, -0.2) is 33.9 Å². The number of rotatable bonds is 5. The maximum atomic E-state index is 4.44. The summed E-state index contributed by atoms with van der Waals surface area (Å²) in [4.78, 5) is 15.3. The third-order valence-electron chi connectivity index (χ3n) is 2.48. The Bertz CT molecular complexity index is 497. The molecule has 0 aliphatic carbocycles. The van der Waals surface area contributed by atoms with Crippen LogP contribution in [0.5, 0.6) is 0 Å². The number of hydrogen-bond acceptors (Lipinski definition) is 6. The largest absolute Gasteiger partial charge is 0.373 e. The van der Waals surface area contributed by atoms with Crippen LogP contribution >= 0.6 is 11.3 Å². The Hall–Kier alpha value is -1.53. The van der Waals surface area contributed by atoms with Crippen molar-refractivity contribution in [1.82, 2.24) is 19.9 Å². The highest BCUT2D eigenvalue weighted by Crippen LogP contribution is 2.09. The molecule has 0 spiro atoms. The minimum Gasteiger partial charge on any atom is -0.373 e. The number of aryl methyl sites for hydroxylation is 1. The van der Waals surface area contributed by atoms with E-state index in [9.17, 15) is 0 Å². The van der Waals surface area contributed by atoms with Gasteiger partial charge in [-0.3, -0.25) is 4.90 Å². The van der Waals surface area contributed by atoms with Crippen molar-refractivity contribution in [3.8, 4) is 0 Å². The van der Waals surface area contributed by atoms with Crippen molar-refractivity contribution >= 4 is 17.2 Å². The molecule has 6 heteroatoms. The lowest BCUT2D eigenvalue weighted by atomic mass is 10.4. The van der Waals surface area contributed by atoms with Crippen LogP contribution in [0.3, 0.4) is 0 Å². The molecule has 96 valence electrons. The van der Waals surface area contributed by atoms with E-state index in [1.54, 1.807) is 11.3 Å². The number of nitrogens with one attached hydrogen (secondary N) is 1. The van der Waals surface area contributed by atoms with Crippen molar-refractivity contribution in [2.45, 2.75) is 20.0 Å². The fraction of sp³-hybridized carbons (Fsp3) is 0.417. The molecule has 2 heterocycles. The van der Waals surface area contributed by atoms with Gasteiger partial charge in [0.2, 0.25) is 0 Å². The van der Waals surface area contributed by atoms with Crippen molar-refractivity contribution in [2.75, 3.05) is 19.4 Å². The molecule has 0 aliphatic heterocycles. The van der Waals surface area contributed by atoms with Gasteiger partial charge in [-0.15, -0.1) is 11.3 Å².